The molecule has 0 aromatic heterocycles. The third-order valence-corrected chi connectivity index (χ3v) is 7.98. The summed E-state index contributed by atoms with van der Waals surface area (Å²) < 4.78 is 71.6. The van der Waals surface area contributed by atoms with Crippen molar-refractivity contribution in [1.82, 2.24) is 4.90 Å². The molecule has 192 valence electrons. The van der Waals surface area contributed by atoms with Crippen molar-refractivity contribution in [2.24, 2.45) is 0 Å². The Morgan fingerprint density at radius 1 is 0.944 bits per heavy atom. The molecule has 1 aliphatic rings. The summed E-state index contributed by atoms with van der Waals surface area (Å²) in [4.78, 5) is 2.28. The number of halogens is 3. The molecule has 0 unspecified atom stereocenters. The number of hydrogen-bond acceptors (Lipinski definition) is 5. The molecule has 0 bridgehead atoms. The lowest BCUT2D eigenvalue weighted by Gasteiger charge is -2.22. The molecule has 0 saturated carbocycles. The molecule has 0 spiro atoms. The largest absolute Gasteiger partial charge is 0.489 e. The van der Waals surface area contributed by atoms with E-state index in [-0.39, 0.29) is 35.5 Å². The van der Waals surface area contributed by atoms with Crippen molar-refractivity contribution >= 4 is 9.84 Å². The van der Waals surface area contributed by atoms with Gasteiger partial charge >= 0.3 is 6.18 Å². The molecule has 3 aromatic carbocycles. The minimum Gasteiger partial charge on any atom is -0.489 e. The highest BCUT2D eigenvalue weighted by atomic mass is 32.2. The van der Waals surface area contributed by atoms with Crippen molar-refractivity contribution in [2.75, 3.05) is 13.2 Å². The van der Waals surface area contributed by atoms with E-state index in [1.54, 1.807) is 18.2 Å². The van der Waals surface area contributed by atoms with Gasteiger partial charge in [0.15, 0.2) is 9.84 Å². The molecule has 1 saturated heterocycles. The molecule has 0 amide bonds. The van der Waals surface area contributed by atoms with Crippen molar-refractivity contribution < 1.29 is 31.4 Å². The van der Waals surface area contributed by atoms with Gasteiger partial charge in [-0.2, -0.15) is 13.2 Å². The third-order valence-electron chi connectivity index (χ3n) is 6.28. The summed E-state index contributed by atoms with van der Waals surface area (Å²) in [6.07, 6.45) is -2.61. The Bertz CT molecular complexity index is 1260. The molecule has 4 rings (SSSR count). The average Bonchev–Trinajstić information content (AvgIpc) is 3.30. The van der Waals surface area contributed by atoms with Crippen LogP contribution < -0.4 is 4.74 Å². The summed E-state index contributed by atoms with van der Waals surface area (Å²) in [5.41, 5.74) is 0.891. The zero-order valence-electron chi connectivity index (χ0n) is 19.6. The summed E-state index contributed by atoms with van der Waals surface area (Å²) in [5, 5.41) is 9.48. The van der Waals surface area contributed by atoms with Gasteiger partial charge in [0.2, 0.25) is 0 Å². The maximum Gasteiger partial charge on any atom is 0.416 e. The molecule has 1 fully saturated rings. The van der Waals surface area contributed by atoms with Gasteiger partial charge in [-0.3, -0.25) is 4.90 Å². The van der Waals surface area contributed by atoms with Crippen LogP contribution in [0.1, 0.15) is 35.1 Å². The SMILES string of the molecule is O=S(=O)(Cc1cc(OCc2ccc(CN3CCC[C@@H]3CO)cc2)cc(C(F)(F)F)c1)c1ccccc1. The molecule has 0 radical (unpaired) electrons. The van der Waals surface area contributed by atoms with E-state index in [1.807, 2.05) is 24.3 Å². The first-order chi connectivity index (χ1) is 17.1. The van der Waals surface area contributed by atoms with E-state index in [0.717, 1.165) is 49.2 Å². The van der Waals surface area contributed by atoms with E-state index < -0.39 is 27.3 Å². The zero-order chi connectivity index (χ0) is 25.8. The fourth-order valence-electron chi connectivity index (χ4n) is 4.37. The lowest BCUT2D eigenvalue weighted by molar-refractivity contribution is -0.137. The predicted octanol–water partition coefficient (Wildman–Crippen LogP) is 5.22. The van der Waals surface area contributed by atoms with Crippen LogP contribution in [0, 0.1) is 0 Å². The van der Waals surface area contributed by atoms with E-state index in [4.69, 9.17) is 4.74 Å². The maximum atomic E-state index is 13.5. The Balaban J connectivity index is 1.47. The first-order valence-corrected chi connectivity index (χ1v) is 13.3. The quantitative estimate of drug-likeness (QED) is 0.420. The zero-order valence-corrected chi connectivity index (χ0v) is 20.4. The van der Waals surface area contributed by atoms with E-state index in [9.17, 15) is 26.7 Å². The molecule has 3 aromatic rings. The summed E-state index contributed by atoms with van der Waals surface area (Å²) >= 11 is 0. The molecule has 1 N–H and O–H groups in total. The van der Waals surface area contributed by atoms with Gasteiger partial charge in [-0.15, -0.1) is 0 Å². The summed E-state index contributed by atoms with van der Waals surface area (Å²) in [7, 11) is -3.82. The lowest BCUT2D eigenvalue weighted by atomic mass is 10.1. The van der Waals surface area contributed by atoms with Crippen LogP contribution in [0.2, 0.25) is 0 Å². The molecule has 0 aliphatic carbocycles. The fourth-order valence-corrected chi connectivity index (χ4v) is 5.72. The van der Waals surface area contributed by atoms with Crippen LogP contribution in [0.15, 0.2) is 77.7 Å². The van der Waals surface area contributed by atoms with E-state index in [2.05, 4.69) is 4.90 Å². The van der Waals surface area contributed by atoms with Crippen LogP contribution in [-0.2, 0) is 34.9 Å². The highest BCUT2D eigenvalue weighted by molar-refractivity contribution is 7.90. The summed E-state index contributed by atoms with van der Waals surface area (Å²) in [6, 6.07) is 18.5. The van der Waals surface area contributed by atoms with Crippen LogP contribution in [-0.4, -0.2) is 37.6 Å². The number of aliphatic hydroxyl groups excluding tert-OH is 1. The minimum absolute atomic E-state index is 0.00285. The first kappa shape index (κ1) is 26.2. The lowest BCUT2D eigenvalue weighted by Crippen LogP contribution is -2.31. The molecule has 9 heteroatoms. The van der Waals surface area contributed by atoms with Gasteiger partial charge < -0.3 is 9.84 Å². The third kappa shape index (κ3) is 6.66. The monoisotopic (exact) mass is 519 g/mol. The van der Waals surface area contributed by atoms with Crippen LogP contribution >= 0.6 is 0 Å². The number of benzene rings is 3. The van der Waals surface area contributed by atoms with Gasteiger partial charge in [0.1, 0.15) is 12.4 Å². The molecular formula is C27H28F3NO4S. The van der Waals surface area contributed by atoms with Gasteiger partial charge in [-0.25, -0.2) is 8.42 Å². The van der Waals surface area contributed by atoms with Crippen molar-refractivity contribution in [3.05, 3.63) is 95.1 Å². The maximum absolute atomic E-state index is 13.5. The van der Waals surface area contributed by atoms with E-state index in [0.29, 0.717) is 0 Å². The summed E-state index contributed by atoms with van der Waals surface area (Å²) in [5.74, 6) is -0.618. The normalized spacial score (nSPS) is 16.8. The Morgan fingerprint density at radius 2 is 1.64 bits per heavy atom. The molecule has 1 heterocycles. The van der Waals surface area contributed by atoms with E-state index >= 15 is 0 Å². The fraction of sp³-hybridized carbons (Fsp3) is 0.333. The highest BCUT2D eigenvalue weighted by Crippen LogP contribution is 2.34. The highest BCUT2D eigenvalue weighted by Gasteiger charge is 2.32. The van der Waals surface area contributed by atoms with Crippen LogP contribution in [0.25, 0.3) is 0 Å². The topological polar surface area (TPSA) is 66.8 Å². The molecular weight excluding hydrogens is 491 g/mol. The second-order valence-corrected chi connectivity index (χ2v) is 11.0. The number of sulfone groups is 1. The Kier molecular flexibility index (Phi) is 8.02. The van der Waals surface area contributed by atoms with Gasteiger partial charge in [0, 0.05) is 12.6 Å². The van der Waals surface area contributed by atoms with Crippen LogP contribution in [0.3, 0.4) is 0 Å². The summed E-state index contributed by atoms with van der Waals surface area (Å²) in [6.45, 7) is 1.83. The van der Waals surface area contributed by atoms with Crippen LogP contribution in [0.5, 0.6) is 5.75 Å². The molecule has 36 heavy (non-hydrogen) atoms. The average molecular weight is 520 g/mol. The number of nitrogens with zero attached hydrogens (tertiary/aromatic N) is 1. The minimum atomic E-state index is -4.64. The number of aliphatic hydroxyl groups is 1. The number of likely N-dealkylation sites (tertiary alicyclic amines) is 1. The van der Waals surface area contributed by atoms with Crippen molar-refractivity contribution in [3.63, 3.8) is 0 Å². The van der Waals surface area contributed by atoms with Gasteiger partial charge in [0.05, 0.1) is 22.8 Å². The number of hydrogen-bond donors (Lipinski definition) is 1. The molecule has 1 atom stereocenters. The van der Waals surface area contributed by atoms with Crippen molar-refractivity contribution in [2.45, 2.75) is 48.9 Å². The van der Waals surface area contributed by atoms with Gasteiger partial charge in [0.25, 0.3) is 0 Å². The van der Waals surface area contributed by atoms with Gasteiger partial charge in [-0.05, 0) is 66.4 Å². The Labute approximate surface area is 209 Å². The smallest absolute Gasteiger partial charge is 0.416 e. The van der Waals surface area contributed by atoms with Gasteiger partial charge in [-0.1, -0.05) is 42.5 Å². The predicted molar refractivity (Wildman–Crippen MR) is 130 cm³/mol. The van der Waals surface area contributed by atoms with Crippen LogP contribution in [0.4, 0.5) is 13.2 Å². The Morgan fingerprint density at radius 3 is 2.31 bits per heavy atom. The number of ether oxygens (including phenoxy) is 1. The number of alkyl halides is 3. The van der Waals surface area contributed by atoms with E-state index in [1.165, 1.54) is 18.2 Å². The standard InChI is InChI=1S/C27H28F3NO4S/c28-27(29,30)23-13-22(19-36(33,34)26-6-2-1-3-7-26)14-25(15-23)35-18-21-10-8-20(9-11-21)16-31-12-4-5-24(31)17-32/h1-3,6-11,13-15,24,32H,4-5,12,16-19H2/t24-/m1/s1. The Hall–Kier alpha value is -2.88. The number of rotatable bonds is 9. The second kappa shape index (κ2) is 11.0. The van der Waals surface area contributed by atoms with Crippen molar-refractivity contribution in [3.8, 4) is 5.75 Å². The first-order valence-electron chi connectivity index (χ1n) is 11.7. The molecule has 5 nitrogen and oxygen atoms in total. The molecule has 1 aliphatic heterocycles. The second-order valence-electron chi connectivity index (χ2n) is 8.99. The van der Waals surface area contributed by atoms with Crippen molar-refractivity contribution in [1.29, 1.82) is 0 Å².